The molecule has 0 aliphatic rings. The Morgan fingerprint density at radius 1 is 1.10 bits per heavy atom. The van der Waals surface area contributed by atoms with E-state index in [2.05, 4.69) is 11.4 Å². The zero-order valence-electron chi connectivity index (χ0n) is 11.4. The molecule has 21 heavy (non-hydrogen) atoms. The van der Waals surface area contributed by atoms with Gasteiger partial charge in [-0.1, -0.05) is 36.4 Å². The van der Waals surface area contributed by atoms with Gasteiger partial charge in [-0.3, -0.25) is 5.32 Å². The molecule has 0 aliphatic carbocycles. The molecule has 0 saturated carbocycles. The summed E-state index contributed by atoms with van der Waals surface area (Å²) in [7, 11) is 1.59. The monoisotopic (exact) mass is 288 g/mol. The normalized spacial score (nSPS) is 13.2. The first-order chi connectivity index (χ1) is 10.1. The van der Waals surface area contributed by atoms with E-state index in [1.807, 2.05) is 6.07 Å². The van der Waals surface area contributed by atoms with Crippen molar-refractivity contribution in [3.63, 3.8) is 0 Å². The molecule has 108 valence electrons. The van der Waals surface area contributed by atoms with E-state index in [9.17, 15) is 14.0 Å². The molecule has 1 N–H and O–H groups in total. The summed E-state index contributed by atoms with van der Waals surface area (Å²) >= 11 is 0. The highest BCUT2D eigenvalue weighted by Crippen LogP contribution is 2.25. The number of nitriles is 1. The number of likely N-dealkylation sites (N-methyl/N-ethyl adjacent to an activating group) is 1. The lowest BCUT2D eigenvalue weighted by Crippen LogP contribution is -2.44. The predicted molar refractivity (Wildman–Crippen MR) is 74.6 cm³/mol. The summed E-state index contributed by atoms with van der Waals surface area (Å²) < 4.78 is 32.4. The number of halogens is 2. The molecule has 0 amide bonds. The molecular weight excluding hydrogens is 274 g/mol. The zero-order chi connectivity index (χ0) is 15.3. The standard InChI is InChI=1S/C16H14F2N2O/c1-20-16(10-19,12-6-3-2-4-7-12)11-21-15-13(17)8-5-9-14(15)18/h2-9,20H,11H2,1H3. The van der Waals surface area contributed by atoms with E-state index in [0.29, 0.717) is 5.56 Å². The first kappa shape index (κ1) is 14.9. The molecule has 2 aromatic carbocycles. The van der Waals surface area contributed by atoms with Crippen LogP contribution in [-0.2, 0) is 5.54 Å². The van der Waals surface area contributed by atoms with Crippen LogP contribution in [0.4, 0.5) is 8.78 Å². The van der Waals surface area contributed by atoms with Crippen LogP contribution in [0.3, 0.4) is 0 Å². The minimum absolute atomic E-state index is 0.220. The molecule has 2 aromatic rings. The molecule has 5 heteroatoms. The van der Waals surface area contributed by atoms with Gasteiger partial charge in [0.1, 0.15) is 6.61 Å². The van der Waals surface area contributed by atoms with Gasteiger partial charge >= 0.3 is 0 Å². The molecule has 0 heterocycles. The van der Waals surface area contributed by atoms with Crippen molar-refractivity contribution in [2.24, 2.45) is 0 Å². The molecular formula is C16H14F2N2O. The van der Waals surface area contributed by atoms with Gasteiger partial charge in [-0.05, 0) is 24.7 Å². The van der Waals surface area contributed by atoms with Crippen LogP contribution in [0, 0.1) is 23.0 Å². The van der Waals surface area contributed by atoms with Gasteiger partial charge in [0.25, 0.3) is 0 Å². The molecule has 0 fully saturated rings. The van der Waals surface area contributed by atoms with Gasteiger partial charge in [0.2, 0.25) is 0 Å². The van der Waals surface area contributed by atoms with Crippen molar-refractivity contribution in [2.45, 2.75) is 5.54 Å². The van der Waals surface area contributed by atoms with Gasteiger partial charge in [-0.25, -0.2) is 8.78 Å². The molecule has 0 aliphatic heterocycles. The Morgan fingerprint density at radius 2 is 1.71 bits per heavy atom. The van der Waals surface area contributed by atoms with Crippen molar-refractivity contribution in [3.8, 4) is 11.8 Å². The van der Waals surface area contributed by atoms with Crippen LogP contribution < -0.4 is 10.1 Å². The highest BCUT2D eigenvalue weighted by atomic mass is 19.1. The Hall–Kier alpha value is -2.45. The summed E-state index contributed by atoms with van der Waals surface area (Å²) in [5.41, 5.74) is -0.526. The van der Waals surface area contributed by atoms with E-state index in [1.54, 1.807) is 31.3 Å². The third kappa shape index (κ3) is 3.01. The molecule has 1 unspecified atom stereocenters. The van der Waals surface area contributed by atoms with Gasteiger partial charge in [-0.15, -0.1) is 0 Å². The fraction of sp³-hybridized carbons (Fsp3) is 0.188. The average molecular weight is 288 g/mol. The summed E-state index contributed by atoms with van der Waals surface area (Å²) in [6.07, 6.45) is 0. The van der Waals surface area contributed by atoms with E-state index >= 15 is 0 Å². The van der Waals surface area contributed by atoms with Gasteiger partial charge in [0.05, 0.1) is 6.07 Å². The molecule has 1 atom stereocenters. The van der Waals surface area contributed by atoms with Crippen molar-refractivity contribution < 1.29 is 13.5 Å². The highest BCUT2D eigenvalue weighted by molar-refractivity contribution is 5.33. The first-order valence-corrected chi connectivity index (χ1v) is 6.35. The number of nitrogens with zero attached hydrogens (tertiary/aromatic N) is 1. The number of benzene rings is 2. The Bertz CT molecular complexity index is 635. The number of ether oxygens (including phenoxy) is 1. The van der Waals surface area contributed by atoms with E-state index in [4.69, 9.17) is 4.74 Å². The maximum atomic E-state index is 13.6. The van der Waals surface area contributed by atoms with Gasteiger partial charge in [0.15, 0.2) is 22.9 Å². The van der Waals surface area contributed by atoms with Crippen LogP contribution in [0.15, 0.2) is 48.5 Å². The van der Waals surface area contributed by atoms with Crippen molar-refractivity contribution in [1.82, 2.24) is 5.32 Å². The van der Waals surface area contributed by atoms with Gasteiger partial charge in [-0.2, -0.15) is 5.26 Å². The van der Waals surface area contributed by atoms with Crippen molar-refractivity contribution >= 4 is 0 Å². The fourth-order valence-electron chi connectivity index (χ4n) is 1.98. The number of rotatable bonds is 5. The Morgan fingerprint density at radius 3 is 2.24 bits per heavy atom. The van der Waals surface area contributed by atoms with Crippen LogP contribution >= 0.6 is 0 Å². The maximum Gasteiger partial charge on any atom is 0.190 e. The third-order valence-electron chi connectivity index (χ3n) is 3.24. The van der Waals surface area contributed by atoms with Crippen LogP contribution in [-0.4, -0.2) is 13.7 Å². The number of hydrogen-bond donors (Lipinski definition) is 1. The summed E-state index contributed by atoms with van der Waals surface area (Å²) in [4.78, 5) is 0. The fourth-order valence-corrected chi connectivity index (χ4v) is 1.98. The van der Waals surface area contributed by atoms with Crippen LogP contribution in [0.5, 0.6) is 5.75 Å². The first-order valence-electron chi connectivity index (χ1n) is 6.35. The molecule has 2 rings (SSSR count). The van der Waals surface area contributed by atoms with E-state index < -0.39 is 22.9 Å². The van der Waals surface area contributed by atoms with E-state index in [-0.39, 0.29) is 6.61 Å². The molecule has 0 bridgehead atoms. The SMILES string of the molecule is CNC(C#N)(COc1c(F)cccc1F)c1ccccc1. The minimum atomic E-state index is -1.18. The molecule has 3 nitrogen and oxygen atoms in total. The molecule has 0 spiro atoms. The maximum absolute atomic E-state index is 13.6. The smallest absolute Gasteiger partial charge is 0.190 e. The second-order valence-electron chi connectivity index (χ2n) is 4.47. The lowest BCUT2D eigenvalue weighted by molar-refractivity contribution is 0.213. The second kappa shape index (κ2) is 6.33. The summed E-state index contributed by atoms with van der Waals surface area (Å²) in [5.74, 6) is -2.08. The largest absolute Gasteiger partial charge is 0.484 e. The van der Waals surface area contributed by atoms with E-state index in [0.717, 1.165) is 12.1 Å². The van der Waals surface area contributed by atoms with Crippen LogP contribution in [0.25, 0.3) is 0 Å². The Balaban J connectivity index is 2.28. The molecule has 0 aromatic heterocycles. The Kier molecular flexibility index (Phi) is 4.51. The zero-order valence-corrected chi connectivity index (χ0v) is 11.4. The van der Waals surface area contributed by atoms with E-state index in [1.165, 1.54) is 6.07 Å². The molecule has 0 radical (unpaired) electrons. The second-order valence-corrected chi connectivity index (χ2v) is 4.47. The third-order valence-corrected chi connectivity index (χ3v) is 3.24. The topological polar surface area (TPSA) is 45.0 Å². The molecule has 0 saturated heterocycles. The average Bonchev–Trinajstić information content (AvgIpc) is 2.52. The van der Waals surface area contributed by atoms with Crippen molar-refractivity contribution in [2.75, 3.05) is 13.7 Å². The van der Waals surface area contributed by atoms with Crippen molar-refractivity contribution in [1.29, 1.82) is 5.26 Å². The minimum Gasteiger partial charge on any atom is -0.484 e. The van der Waals surface area contributed by atoms with Gasteiger partial charge < -0.3 is 4.74 Å². The summed E-state index contributed by atoms with van der Waals surface area (Å²) in [6, 6.07) is 14.5. The highest BCUT2D eigenvalue weighted by Gasteiger charge is 2.32. The quantitative estimate of drug-likeness (QED) is 0.920. The predicted octanol–water partition coefficient (Wildman–Crippen LogP) is 2.98. The van der Waals surface area contributed by atoms with Crippen LogP contribution in [0.2, 0.25) is 0 Å². The Labute approximate surface area is 121 Å². The number of nitrogens with one attached hydrogen (secondary N) is 1. The number of hydrogen-bond acceptors (Lipinski definition) is 3. The van der Waals surface area contributed by atoms with Crippen molar-refractivity contribution in [3.05, 3.63) is 65.7 Å². The lowest BCUT2D eigenvalue weighted by atomic mass is 9.92. The van der Waals surface area contributed by atoms with Gasteiger partial charge in [0, 0.05) is 0 Å². The number of para-hydroxylation sites is 1. The van der Waals surface area contributed by atoms with Crippen LogP contribution in [0.1, 0.15) is 5.56 Å². The summed E-state index contributed by atoms with van der Waals surface area (Å²) in [5, 5.41) is 12.3. The lowest BCUT2D eigenvalue weighted by Gasteiger charge is -2.26. The summed E-state index contributed by atoms with van der Waals surface area (Å²) in [6.45, 7) is -0.220.